The van der Waals surface area contributed by atoms with Crippen molar-refractivity contribution >= 4 is 34.7 Å². The molecule has 1 aromatic carbocycles. The number of anilines is 1. The monoisotopic (exact) mass is 397 g/mol. The number of rotatable bonds is 5. The molecule has 148 valence electrons. The number of benzene rings is 1. The first-order chi connectivity index (χ1) is 13.2. The first-order valence-corrected chi connectivity index (χ1v) is 10.3. The van der Waals surface area contributed by atoms with Crippen LogP contribution in [0.2, 0.25) is 0 Å². The molecule has 0 spiro atoms. The third-order valence-electron chi connectivity index (χ3n) is 5.24. The summed E-state index contributed by atoms with van der Waals surface area (Å²) in [6.45, 7) is 7.97. The van der Waals surface area contributed by atoms with E-state index in [1.54, 1.807) is 0 Å². The Bertz CT molecular complexity index is 941. The van der Waals surface area contributed by atoms with Crippen LogP contribution in [0.5, 0.6) is 0 Å². The van der Waals surface area contributed by atoms with Gasteiger partial charge in [0.2, 0.25) is 0 Å². The van der Waals surface area contributed by atoms with Crippen LogP contribution in [0.4, 0.5) is 10.5 Å². The van der Waals surface area contributed by atoms with Crippen LogP contribution in [0.3, 0.4) is 0 Å². The number of imide groups is 1. The van der Waals surface area contributed by atoms with E-state index in [0.717, 1.165) is 46.5 Å². The summed E-state index contributed by atoms with van der Waals surface area (Å²) in [5.41, 5.74) is 5.31. The number of hydrogen-bond donors (Lipinski definition) is 0. The molecular weight excluding hydrogens is 370 g/mol. The molecule has 0 saturated carbocycles. The molecule has 1 aliphatic rings. The molecule has 2 aromatic rings. The molecule has 0 radical (unpaired) electrons. The molecule has 0 bridgehead atoms. The second-order valence-electron chi connectivity index (χ2n) is 7.38. The highest BCUT2D eigenvalue weighted by Gasteiger charge is 2.37. The minimum absolute atomic E-state index is 0.0824. The third kappa shape index (κ3) is 3.61. The van der Waals surface area contributed by atoms with Gasteiger partial charge in [-0.1, -0.05) is 6.92 Å². The molecule has 2 amide bonds. The van der Waals surface area contributed by atoms with Gasteiger partial charge in [0.25, 0.3) is 11.1 Å². The average molecular weight is 398 g/mol. The first kappa shape index (κ1) is 20.3. The molecule has 5 nitrogen and oxygen atoms in total. The van der Waals surface area contributed by atoms with Crippen molar-refractivity contribution in [3.05, 3.63) is 52.2 Å². The molecule has 1 fully saturated rings. The number of hydrogen-bond acceptors (Lipinski definition) is 4. The number of amides is 2. The van der Waals surface area contributed by atoms with Crippen molar-refractivity contribution in [2.45, 2.75) is 40.2 Å². The quantitative estimate of drug-likeness (QED) is 0.667. The van der Waals surface area contributed by atoms with E-state index in [-0.39, 0.29) is 17.2 Å². The van der Waals surface area contributed by atoms with Crippen molar-refractivity contribution in [1.82, 2.24) is 9.47 Å². The summed E-state index contributed by atoms with van der Waals surface area (Å²) in [4.78, 5) is 28.9. The Hall–Kier alpha value is -2.47. The molecule has 0 aliphatic carbocycles. The van der Waals surface area contributed by atoms with Gasteiger partial charge in [-0.2, -0.15) is 0 Å². The average Bonchev–Trinajstić information content (AvgIpc) is 3.09. The van der Waals surface area contributed by atoms with E-state index in [9.17, 15) is 9.59 Å². The van der Waals surface area contributed by atoms with Crippen molar-refractivity contribution in [2.75, 3.05) is 19.0 Å². The van der Waals surface area contributed by atoms with Gasteiger partial charge in [-0.05, 0) is 80.9 Å². The van der Waals surface area contributed by atoms with Crippen LogP contribution in [-0.4, -0.2) is 40.8 Å². The predicted octanol–water partition coefficient (Wildman–Crippen LogP) is 4.99. The van der Waals surface area contributed by atoms with Crippen LogP contribution < -0.4 is 4.90 Å². The van der Waals surface area contributed by atoms with Crippen LogP contribution in [0.25, 0.3) is 11.8 Å². The van der Waals surface area contributed by atoms with Gasteiger partial charge in [0.1, 0.15) is 0 Å². The van der Waals surface area contributed by atoms with E-state index in [4.69, 9.17) is 0 Å². The number of aryl methyl sites for hydroxylation is 1. The predicted molar refractivity (Wildman–Crippen MR) is 117 cm³/mol. The zero-order valence-corrected chi connectivity index (χ0v) is 18.1. The second-order valence-corrected chi connectivity index (χ2v) is 8.37. The van der Waals surface area contributed by atoms with Crippen LogP contribution in [0.15, 0.2) is 35.2 Å². The molecule has 1 atom stereocenters. The van der Waals surface area contributed by atoms with Crippen molar-refractivity contribution in [3.63, 3.8) is 0 Å². The highest BCUT2D eigenvalue weighted by atomic mass is 32.2. The summed E-state index contributed by atoms with van der Waals surface area (Å²) in [7, 11) is 4.04. The maximum Gasteiger partial charge on any atom is 0.293 e. The molecule has 6 heteroatoms. The smallest absolute Gasteiger partial charge is 0.293 e. The highest BCUT2D eigenvalue weighted by molar-refractivity contribution is 8.18. The van der Waals surface area contributed by atoms with Gasteiger partial charge in [-0.3, -0.25) is 14.5 Å². The Labute approximate surface area is 171 Å². The topological polar surface area (TPSA) is 45.6 Å². The Morgan fingerprint density at radius 2 is 1.79 bits per heavy atom. The number of thioether (sulfide) groups is 1. The lowest BCUT2D eigenvalue weighted by atomic mass is 10.2. The molecule has 2 heterocycles. The molecule has 1 aliphatic heterocycles. The van der Waals surface area contributed by atoms with E-state index < -0.39 is 0 Å². The van der Waals surface area contributed by atoms with Crippen molar-refractivity contribution in [1.29, 1.82) is 0 Å². The van der Waals surface area contributed by atoms with Gasteiger partial charge in [-0.15, -0.1) is 0 Å². The van der Waals surface area contributed by atoms with Crippen molar-refractivity contribution in [3.8, 4) is 5.69 Å². The van der Waals surface area contributed by atoms with Gasteiger partial charge < -0.3 is 9.47 Å². The SMILES string of the molecule is CC[C@H](C)N1C(=O)S/C(=C/c2cc(C)n(-c3ccc(N(C)C)cc3)c2C)C1=O. The van der Waals surface area contributed by atoms with Gasteiger partial charge in [0, 0.05) is 42.9 Å². The fraction of sp³-hybridized carbons (Fsp3) is 0.364. The number of nitrogens with zero attached hydrogens (tertiary/aromatic N) is 3. The van der Waals surface area contributed by atoms with Crippen LogP contribution in [0, 0.1) is 13.8 Å². The highest BCUT2D eigenvalue weighted by Crippen LogP contribution is 2.35. The van der Waals surface area contributed by atoms with Crippen molar-refractivity contribution in [2.24, 2.45) is 0 Å². The number of aromatic nitrogens is 1. The van der Waals surface area contributed by atoms with Crippen LogP contribution in [0.1, 0.15) is 37.2 Å². The maximum absolute atomic E-state index is 12.7. The van der Waals surface area contributed by atoms with E-state index in [2.05, 4.69) is 46.7 Å². The minimum Gasteiger partial charge on any atom is -0.378 e. The molecule has 1 saturated heterocycles. The summed E-state index contributed by atoms with van der Waals surface area (Å²) in [6, 6.07) is 10.3. The standard InChI is InChI=1S/C22H27N3O2S/c1-7-14(2)25-21(26)20(28-22(25)27)13-17-12-15(3)24(16(17)4)19-10-8-18(9-11-19)23(5)6/h8-14H,7H2,1-6H3/b20-13+/t14-/m0/s1. The van der Waals surface area contributed by atoms with Crippen molar-refractivity contribution < 1.29 is 9.59 Å². The zero-order valence-electron chi connectivity index (χ0n) is 17.3. The summed E-state index contributed by atoms with van der Waals surface area (Å²) < 4.78 is 2.17. The normalized spacial score (nSPS) is 16.9. The fourth-order valence-electron chi connectivity index (χ4n) is 3.41. The number of carbonyl (C=O) groups is 2. The first-order valence-electron chi connectivity index (χ1n) is 9.48. The molecular formula is C22H27N3O2S. The molecule has 1 aromatic heterocycles. The zero-order chi connectivity index (χ0) is 20.6. The van der Waals surface area contributed by atoms with E-state index in [1.807, 2.05) is 40.9 Å². The summed E-state index contributed by atoms with van der Waals surface area (Å²) in [6.07, 6.45) is 2.60. The van der Waals surface area contributed by atoms with E-state index in [0.29, 0.717) is 4.91 Å². The van der Waals surface area contributed by atoms with Crippen LogP contribution >= 0.6 is 11.8 Å². The lowest BCUT2D eigenvalue weighted by Gasteiger charge is -2.19. The molecule has 0 unspecified atom stereocenters. The lowest BCUT2D eigenvalue weighted by Crippen LogP contribution is -2.36. The van der Waals surface area contributed by atoms with E-state index in [1.165, 1.54) is 4.90 Å². The summed E-state index contributed by atoms with van der Waals surface area (Å²) in [5, 5.41) is -0.182. The summed E-state index contributed by atoms with van der Waals surface area (Å²) >= 11 is 1.03. The Morgan fingerprint density at radius 3 is 2.36 bits per heavy atom. The van der Waals surface area contributed by atoms with Gasteiger partial charge in [0.15, 0.2) is 0 Å². The van der Waals surface area contributed by atoms with Gasteiger partial charge in [-0.25, -0.2) is 0 Å². The Kier molecular flexibility index (Phi) is 5.70. The fourth-order valence-corrected chi connectivity index (χ4v) is 4.34. The summed E-state index contributed by atoms with van der Waals surface area (Å²) in [5.74, 6) is -0.190. The molecule has 0 N–H and O–H groups in total. The van der Waals surface area contributed by atoms with Gasteiger partial charge >= 0.3 is 0 Å². The Balaban J connectivity index is 1.95. The molecule has 3 rings (SSSR count). The molecule has 28 heavy (non-hydrogen) atoms. The second kappa shape index (κ2) is 7.87. The Morgan fingerprint density at radius 1 is 1.14 bits per heavy atom. The van der Waals surface area contributed by atoms with E-state index >= 15 is 0 Å². The minimum atomic E-state index is -0.190. The largest absolute Gasteiger partial charge is 0.378 e. The van der Waals surface area contributed by atoms with Crippen LogP contribution in [-0.2, 0) is 4.79 Å². The maximum atomic E-state index is 12.7. The number of carbonyl (C=O) groups excluding carboxylic acids is 2. The van der Waals surface area contributed by atoms with Gasteiger partial charge in [0.05, 0.1) is 4.91 Å². The third-order valence-corrected chi connectivity index (χ3v) is 6.12. The lowest BCUT2D eigenvalue weighted by molar-refractivity contribution is -0.124.